The topological polar surface area (TPSA) is 69.6 Å². The molecule has 2 amide bonds. The van der Waals surface area contributed by atoms with Crippen LogP contribution in [0, 0.1) is 0 Å². The minimum Gasteiger partial charge on any atom is -0.395 e. The van der Waals surface area contributed by atoms with E-state index in [-0.39, 0.29) is 0 Å². The summed E-state index contributed by atoms with van der Waals surface area (Å²) in [7, 11) is 0. The monoisotopic (exact) mass is 304 g/mol. The highest BCUT2D eigenvalue weighted by Gasteiger charge is 2.32. The van der Waals surface area contributed by atoms with Crippen molar-refractivity contribution in [2.45, 2.75) is 6.18 Å². The summed E-state index contributed by atoms with van der Waals surface area (Å²) in [5.74, 6) is -1.47. The Balaban J connectivity index is 2.55. The van der Waals surface area contributed by atoms with Gasteiger partial charge in [-0.05, 0) is 12.1 Å². The van der Waals surface area contributed by atoms with Gasteiger partial charge in [0.05, 0.1) is 13.2 Å². The van der Waals surface area contributed by atoms with Crippen molar-refractivity contribution in [2.75, 3.05) is 26.2 Å². The van der Waals surface area contributed by atoms with Crippen LogP contribution in [0.5, 0.6) is 0 Å². The van der Waals surface area contributed by atoms with Gasteiger partial charge < -0.3 is 15.3 Å². The van der Waals surface area contributed by atoms with Crippen LogP contribution in [0.1, 0.15) is 10.4 Å². The van der Waals surface area contributed by atoms with E-state index in [9.17, 15) is 22.8 Å². The van der Waals surface area contributed by atoms with Gasteiger partial charge in [-0.3, -0.25) is 9.59 Å². The van der Waals surface area contributed by atoms with Crippen molar-refractivity contribution in [3.63, 3.8) is 0 Å². The highest BCUT2D eigenvalue weighted by molar-refractivity contribution is 5.96. The predicted octanol–water partition coefficient (Wildman–Crippen LogP) is 0.800. The van der Waals surface area contributed by atoms with Gasteiger partial charge in [-0.2, -0.15) is 13.2 Å². The molecule has 0 aromatic heterocycles. The van der Waals surface area contributed by atoms with Crippen LogP contribution in [0.25, 0.3) is 0 Å². The fraction of sp³-hybridized carbons (Fsp3) is 0.385. The SMILES string of the molecule is O=C(NCC(=O)N(CCO)CC(F)(F)F)c1ccccc1. The molecule has 0 atom stereocenters. The molecule has 1 aromatic carbocycles. The first-order valence-corrected chi connectivity index (χ1v) is 6.12. The standard InChI is InChI=1S/C13H15F3N2O3/c14-13(15,16)9-18(6-7-19)11(20)8-17-12(21)10-4-2-1-3-5-10/h1-5,19H,6-9H2,(H,17,21). The Morgan fingerprint density at radius 3 is 2.33 bits per heavy atom. The lowest BCUT2D eigenvalue weighted by atomic mass is 10.2. The van der Waals surface area contributed by atoms with Crippen molar-refractivity contribution >= 4 is 11.8 Å². The Hall–Kier alpha value is -2.09. The van der Waals surface area contributed by atoms with Crippen LogP contribution >= 0.6 is 0 Å². The molecule has 116 valence electrons. The summed E-state index contributed by atoms with van der Waals surface area (Å²) >= 11 is 0. The summed E-state index contributed by atoms with van der Waals surface area (Å²) < 4.78 is 36.9. The smallest absolute Gasteiger partial charge is 0.395 e. The maximum Gasteiger partial charge on any atom is 0.406 e. The van der Waals surface area contributed by atoms with Crippen LogP contribution in [0.2, 0.25) is 0 Å². The Morgan fingerprint density at radius 1 is 1.19 bits per heavy atom. The maximum absolute atomic E-state index is 12.3. The molecule has 0 saturated carbocycles. The van der Waals surface area contributed by atoms with Gasteiger partial charge in [0.1, 0.15) is 6.54 Å². The van der Waals surface area contributed by atoms with Crippen LogP contribution in [0.15, 0.2) is 30.3 Å². The summed E-state index contributed by atoms with van der Waals surface area (Å²) in [5, 5.41) is 10.9. The first kappa shape index (κ1) is 17.0. The number of benzene rings is 1. The van der Waals surface area contributed by atoms with Gasteiger partial charge in [0.15, 0.2) is 0 Å². The summed E-state index contributed by atoms with van der Waals surface area (Å²) in [5.41, 5.74) is 0.301. The first-order valence-electron chi connectivity index (χ1n) is 6.12. The molecule has 5 nitrogen and oxygen atoms in total. The second-order valence-electron chi connectivity index (χ2n) is 4.20. The third-order valence-electron chi connectivity index (χ3n) is 2.53. The van der Waals surface area contributed by atoms with E-state index in [1.165, 1.54) is 12.1 Å². The van der Waals surface area contributed by atoms with Crippen LogP contribution in [-0.2, 0) is 4.79 Å². The lowest BCUT2D eigenvalue weighted by Crippen LogP contribution is -2.45. The van der Waals surface area contributed by atoms with E-state index in [1.807, 2.05) is 0 Å². The average molecular weight is 304 g/mol. The van der Waals surface area contributed by atoms with E-state index in [4.69, 9.17) is 5.11 Å². The van der Waals surface area contributed by atoms with Crippen molar-refractivity contribution in [3.05, 3.63) is 35.9 Å². The predicted molar refractivity (Wildman–Crippen MR) is 68.5 cm³/mol. The van der Waals surface area contributed by atoms with Crippen molar-refractivity contribution in [1.82, 2.24) is 10.2 Å². The van der Waals surface area contributed by atoms with Crippen molar-refractivity contribution < 1.29 is 27.9 Å². The Labute approximate surface area is 119 Å². The number of aliphatic hydroxyl groups is 1. The molecule has 0 aliphatic rings. The fourth-order valence-corrected chi connectivity index (χ4v) is 1.59. The number of amides is 2. The quantitative estimate of drug-likeness (QED) is 0.817. The van der Waals surface area contributed by atoms with Gasteiger partial charge in [0, 0.05) is 12.1 Å². The summed E-state index contributed by atoms with van der Waals surface area (Å²) in [6.07, 6.45) is -4.56. The molecule has 8 heteroatoms. The number of alkyl halides is 3. The van der Waals surface area contributed by atoms with Crippen LogP contribution in [-0.4, -0.2) is 54.2 Å². The molecule has 0 aliphatic carbocycles. The zero-order chi connectivity index (χ0) is 15.9. The van der Waals surface area contributed by atoms with Crippen LogP contribution in [0.3, 0.4) is 0 Å². The Morgan fingerprint density at radius 2 is 1.81 bits per heavy atom. The third-order valence-corrected chi connectivity index (χ3v) is 2.53. The highest BCUT2D eigenvalue weighted by Crippen LogP contribution is 2.16. The number of nitrogens with zero attached hydrogens (tertiary/aromatic N) is 1. The van der Waals surface area contributed by atoms with Gasteiger partial charge in [-0.25, -0.2) is 0 Å². The Bertz CT molecular complexity index is 477. The number of hydrogen-bond acceptors (Lipinski definition) is 3. The van der Waals surface area contributed by atoms with Gasteiger partial charge in [0.2, 0.25) is 5.91 Å². The van der Waals surface area contributed by atoms with Crippen molar-refractivity contribution in [2.24, 2.45) is 0 Å². The summed E-state index contributed by atoms with van der Waals surface area (Å²) in [6, 6.07) is 7.98. The minimum absolute atomic E-state index is 0.301. The lowest BCUT2D eigenvalue weighted by Gasteiger charge is -2.23. The van der Waals surface area contributed by atoms with E-state index in [0.717, 1.165) is 0 Å². The zero-order valence-corrected chi connectivity index (χ0v) is 11.1. The third kappa shape index (κ3) is 6.26. The molecule has 1 rings (SSSR count). The van der Waals surface area contributed by atoms with Gasteiger partial charge in [0.25, 0.3) is 5.91 Å². The molecule has 0 bridgehead atoms. The van der Waals surface area contributed by atoms with Crippen molar-refractivity contribution in [3.8, 4) is 0 Å². The van der Waals surface area contributed by atoms with Crippen LogP contribution < -0.4 is 5.32 Å². The average Bonchev–Trinajstić information content (AvgIpc) is 2.43. The largest absolute Gasteiger partial charge is 0.406 e. The van der Waals surface area contributed by atoms with E-state index in [2.05, 4.69) is 5.32 Å². The zero-order valence-electron chi connectivity index (χ0n) is 11.1. The molecule has 21 heavy (non-hydrogen) atoms. The number of halogens is 3. The van der Waals surface area contributed by atoms with Crippen LogP contribution in [0.4, 0.5) is 13.2 Å². The molecule has 1 aromatic rings. The van der Waals surface area contributed by atoms with Gasteiger partial charge in [-0.15, -0.1) is 0 Å². The van der Waals surface area contributed by atoms with E-state index >= 15 is 0 Å². The number of hydrogen-bond donors (Lipinski definition) is 2. The number of carbonyl (C=O) groups excluding carboxylic acids is 2. The number of nitrogens with one attached hydrogen (secondary N) is 1. The molecule has 0 aliphatic heterocycles. The minimum atomic E-state index is -4.56. The second-order valence-corrected chi connectivity index (χ2v) is 4.20. The second kappa shape index (κ2) is 7.63. The van der Waals surface area contributed by atoms with E-state index < -0.39 is 44.2 Å². The molecule has 2 N–H and O–H groups in total. The molecule has 0 unspecified atom stereocenters. The molecule has 0 heterocycles. The Kier molecular flexibility index (Phi) is 6.16. The molecular weight excluding hydrogens is 289 g/mol. The fourth-order valence-electron chi connectivity index (χ4n) is 1.59. The van der Waals surface area contributed by atoms with E-state index in [0.29, 0.717) is 10.5 Å². The lowest BCUT2D eigenvalue weighted by molar-refractivity contribution is -0.161. The molecule has 0 fully saturated rings. The van der Waals surface area contributed by atoms with Gasteiger partial charge >= 0.3 is 6.18 Å². The molecule has 0 spiro atoms. The maximum atomic E-state index is 12.3. The highest BCUT2D eigenvalue weighted by atomic mass is 19.4. The summed E-state index contributed by atoms with van der Waals surface area (Å²) in [4.78, 5) is 23.8. The normalized spacial score (nSPS) is 11.0. The number of carbonyl (C=O) groups is 2. The molecule has 0 saturated heterocycles. The van der Waals surface area contributed by atoms with Gasteiger partial charge in [-0.1, -0.05) is 18.2 Å². The molecular formula is C13H15F3N2O3. The summed E-state index contributed by atoms with van der Waals surface area (Å²) in [6.45, 7) is -3.06. The van der Waals surface area contributed by atoms with E-state index in [1.54, 1.807) is 18.2 Å². The van der Waals surface area contributed by atoms with Crippen molar-refractivity contribution in [1.29, 1.82) is 0 Å². The first-order chi connectivity index (χ1) is 9.83. The number of aliphatic hydroxyl groups excluding tert-OH is 1. The number of rotatable bonds is 6. The molecule has 0 radical (unpaired) electrons.